The number of hydrogen-bond donors (Lipinski definition) is 2. The molecule has 1 aromatic rings. The van der Waals surface area contributed by atoms with Crippen molar-refractivity contribution in [3.8, 4) is 0 Å². The van der Waals surface area contributed by atoms with Crippen molar-refractivity contribution < 1.29 is 4.79 Å². The molecule has 1 saturated carbocycles. The van der Waals surface area contributed by atoms with E-state index in [1.807, 2.05) is 30.3 Å². The van der Waals surface area contributed by atoms with Crippen LogP contribution in [0.15, 0.2) is 30.3 Å². The first-order chi connectivity index (χ1) is 9.53. The molecule has 3 heteroatoms. The molecule has 2 rings (SSSR count). The van der Waals surface area contributed by atoms with Crippen LogP contribution in [0.25, 0.3) is 0 Å². The Balaban J connectivity index is 2.16. The van der Waals surface area contributed by atoms with Gasteiger partial charge >= 0.3 is 0 Å². The summed E-state index contributed by atoms with van der Waals surface area (Å²) >= 11 is 0. The van der Waals surface area contributed by atoms with Crippen molar-refractivity contribution in [3.63, 3.8) is 0 Å². The lowest BCUT2D eigenvalue weighted by Crippen LogP contribution is -2.50. The molecular weight excluding hydrogens is 248 g/mol. The Morgan fingerprint density at radius 2 is 1.95 bits per heavy atom. The topological polar surface area (TPSA) is 55.1 Å². The summed E-state index contributed by atoms with van der Waals surface area (Å²) in [6, 6.07) is 9.92. The largest absolute Gasteiger partial charge is 0.371 e. The van der Waals surface area contributed by atoms with Gasteiger partial charge in [-0.3, -0.25) is 4.79 Å². The summed E-state index contributed by atoms with van der Waals surface area (Å²) in [5, 5.41) is 3.42. The van der Waals surface area contributed by atoms with E-state index in [1.165, 1.54) is 6.42 Å². The standard InChI is InChI=1S/C17H26N2O/c1-13(2)14-7-6-11-17(12-10-14,16(18)20)19-15-8-4-3-5-9-15/h3-5,8-9,13-14,19H,6-7,10-12H2,1-2H3,(H2,18,20). The highest BCUT2D eigenvalue weighted by atomic mass is 16.1. The number of benzene rings is 1. The molecule has 0 radical (unpaired) electrons. The monoisotopic (exact) mass is 274 g/mol. The minimum atomic E-state index is -0.578. The SMILES string of the molecule is CC(C)C1CCCC(Nc2ccccc2)(C(N)=O)CC1. The van der Waals surface area contributed by atoms with Gasteiger partial charge in [-0.25, -0.2) is 0 Å². The molecule has 0 aromatic heterocycles. The van der Waals surface area contributed by atoms with Crippen LogP contribution in [0, 0.1) is 11.8 Å². The summed E-state index contributed by atoms with van der Waals surface area (Å²) in [5.41, 5.74) is 6.14. The third kappa shape index (κ3) is 3.33. The average Bonchev–Trinajstić information content (AvgIpc) is 2.63. The van der Waals surface area contributed by atoms with Gasteiger partial charge in [0, 0.05) is 5.69 Å². The molecular formula is C17H26N2O. The highest BCUT2D eigenvalue weighted by molar-refractivity contribution is 5.88. The van der Waals surface area contributed by atoms with Gasteiger partial charge in [-0.2, -0.15) is 0 Å². The fourth-order valence-corrected chi connectivity index (χ4v) is 3.26. The van der Waals surface area contributed by atoms with Gasteiger partial charge in [0.1, 0.15) is 5.54 Å². The van der Waals surface area contributed by atoms with Gasteiger partial charge in [-0.15, -0.1) is 0 Å². The number of hydrogen-bond acceptors (Lipinski definition) is 2. The van der Waals surface area contributed by atoms with Crippen LogP contribution in [-0.2, 0) is 4.79 Å². The fourth-order valence-electron chi connectivity index (χ4n) is 3.26. The highest BCUT2D eigenvalue weighted by Crippen LogP contribution is 2.36. The summed E-state index contributed by atoms with van der Waals surface area (Å²) in [7, 11) is 0. The Labute approximate surface area is 121 Å². The van der Waals surface area contributed by atoms with Gasteiger partial charge in [0.05, 0.1) is 0 Å². The number of rotatable bonds is 4. The van der Waals surface area contributed by atoms with Crippen molar-refractivity contribution in [2.24, 2.45) is 17.6 Å². The number of nitrogens with two attached hydrogens (primary N) is 1. The van der Waals surface area contributed by atoms with Gasteiger partial charge in [-0.05, 0) is 43.2 Å². The van der Waals surface area contributed by atoms with Crippen molar-refractivity contribution in [3.05, 3.63) is 30.3 Å². The van der Waals surface area contributed by atoms with E-state index in [1.54, 1.807) is 0 Å². The molecule has 110 valence electrons. The Bertz CT molecular complexity index is 444. The Kier molecular flexibility index (Phi) is 4.69. The molecule has 0 bridgehead atoms. The van der Waals surface area contributed by atoms with Gasteiger partial charge in [0.15, 0.2) is 0 Å². The van der Waals surface area contributed by atoms with Gasteiger partial charge in [0.2, 0.25) is 5.91 Å². The zero-order valence-electron chi connectivity index (χ0n) is 12.6. The number of carbonyl (C=O) groups is 1. The first-order valence-corrected chi connectivity index (χ1v) is 7.67. The third-order valence-electron chi connectivity index (χ3n) is 4.69. The predicted molar refractivity (Wildman–Crippen MR) is 83.4 cm³/mol. The lowest BCUT2D eigenvalue weighted by molar-refractivity contribution is -0.122. The summed E-state index contributed by atoms with van der Waals surface area (Å²) in [4.78, 5) is 12.1. The number of amides is 1. The molecule has 20 heavy (non-hydrogen) atoms. The Morgan fingerprint density at radius 1 is 1.25 bits per heavy atom. The summed E-state index contributed by atoms with van der Waals surface area (Å²) in [5.74, 6) is 1.16. The van der Waals surface area contributed by atoms with Crippen LogP contribution >= 0.6 is 0 Å². The van der Waals surface area contributed by atoms with Crippen LogP contribution in [0.4, 0.5) is 5.69 Å². The van der Waals surface area contributed by atoms with Gasteiger partial charge in [0.25, 0.3) is 0 Å². The normalized spacial score (nSPS) is 27.1. The van der Waals surface area contributed by atoms with E-state index in [4.69, 9.17) is 5.73 Å². The Morgan fingerprint density at radius 3 is 2.55 bits per heavy atom. The van der Waals surface area contributed by atoms with E-state index in [-0.39, 0.29) is 5.91 Å². The molecule has 1 aliphatic rings. The number of para-hydroxylation sites is 1. The maximum atomic E-state index is 12.1. The predicted octanol–water partition coefficient (Wildman–Crippen LogP) is 3.56. The quantitative estimate of drug-likeness (QED) is 0.825. The molecule has 1 amide bonds. The van der Waals surface area contributed by atoms with Crippen molar-refractivity contribution in [2.75, 3.05) is 5.32 Å². The first-order valence-electron chi connectivity index (χ1n) is 7.67. The zero-order valence-corrected chi connectivity index (χ0v) is 12.6. The maximum Gasteiger partial charge on any atom is 0.243 e. The van der Waals surface area contributed by atoms with Crippen LogP contribution in [0.5, 0.6) is 0 Å². The van der Waals surface area contributed by atoms with Crippen molar-refractivity contribution in [1.82, 2.24) is 0 Å². The second-order valence-electron chi connectivity index (χ2n) is 6.37. The highest BCUT2D eigenvalue weighted by Gasteiger charge is 2.38. The molecule has 3 N–H and O–H groups in total. The molecule has 3 nitrogen and oxygen atoms in total. The third-order valence-corrected chi connectivity index (χ3v) is 4.69. The molecule has 0 aliphatic heterocycles. The summed E-state index contributed by atoms with van der Waals surface area (Å²) in [6.45, 7) is 4.54. The molecule has 1 fully saturated rings. The Hall–Kier alpha value is -1.51. The van der Waals surface area contributed by atoms with Crippen LogP contribution in [0.1, 0.15) is 46.0 Å². The number of primary amides is 1. The summed E-state index contributed by atoms with van der Waals surface area (Å²) < 4.78 is 0. The molecule has 1 aliphatic carbocycles. The van der Waals surface area contributed by atoms with Crippen LogP contribution in [0.2, 0.25) is 0 Å². The van der Waals surface area contributed by atoms with Crippen molar-refractivity contribution >= 4 is 11.6 Å². The lowest BCUT2D eigenvalue weighted by Gasteiger charge is -2.32. The minimum absolute atomic E-state index is 0.217. The van der Waals surface area contributed by atoms with Gasteiger partial charge in [-0.1, -0.05) is 44.9 Å². The first kappa shape index (κ1) is 14.9. The van der Waals surface area contributed by atoms with E-state index < -0.39 is 5.54 Å². The van der Waals surface area contributed by atoms with Crippen LogP contribution < -0.4 is 11.1 Å². The molecule has 0 saturated heterocycles. The van der Waals surface area contributed by atoms with Gasteiger partial charge < -0.3 is 11.1 Å². The fraction of sp³-hybridized carbons (Fsp3) is 0.588. The lowest BCUT2D eigenvalue weighted by atomic mass is 9.86. The smallest absolute Gasteiger partial charge is 0.243 e. The number of anilines is 1. The second-order valence-corrected chi connectivity index (χ2v) is 6.37. The van der Waals surface area contributed by atoms with Crippen molar-refractivity contribution in [2.45, 2.75) is 51.5 Å². The average molecular weight is 274 g/mol. The van der Waals surface area contributed by atoms with E-state index >= 15 is 0 Å². The molecule has 2 unspecified atom stereocenters. The maximum absolute atomic E-state index is 12.1. The van der Waals surface area contributed by atoms with E-state index in [0.717, 1.165) is 31.4 Å². The molecule has 0 heterocycles. The van der Waals surface area contributed by atoms with E-state index in [9.17, 15) is 4.79 Å². The van der Waals surface area contributed by atoms with Crippen LogP contribution in [0.3, 0.4) is 0 Å². The molecule has 2 atom stereocenters. The molecule has 1 aromatic carbocycles. The van der Waals surface area contributed by atoms with E-state index in [2.05, 4.69) is 19.2 Å². The molecule has 0 spiro atoms. The van der Waals surface area contributed by atoms with E-state index in [0.29, 0.717) is 11.8 Å². The minimum Gasteiger partial charge on any atom is -0.371 e. The summed E-state index contributed by atoms with van der Waals surface area (Å²) in [6.07, 6.45) is 5.00. The zero-order chi connectivity index (χ0) is 14.6. The van der Waals surface area contributed by atoms with Crippen molar-refractivity contribution in [1.29, 1.82) is 0 Å². The number of nitrogens with one attached hydrogen (secondary N) is 1. The second kappa shape index (κ2) is 6.29. The number of carbonyl (C=O) groups excluding carboxylic acids is 1. The van der Waals surface area contributed by atoms with Crippen LogP contribution in [-0.4, -0.2) is 11.4 Å².